The molecule has 1 saturated carbocycles. The lowest BCUT2D eigenvalue weighted by atomic mass is 9.75. The van der Waals surface area contributed by atoms with Gasteiger partial charge in [0.15, 0.2) is 0 Å². The summed E-state index contributed by atoms with van der Waals surface area (Å²) in [7, 11) is 1.69. The van der Waals surface area contributed by atoms with E-state index in [2.05, 4.69) is 37.8 Å². The largest absolute Gasteiger partial charge is 0.497 e. The summed E-state index contributed by atoms with van der Waals surface area (Å²) in [5.41, 5.74) is 1.78. The highest BCUT2D eigenvalue weighted by molar-refractivity contribution is 5.77. The summed E-state index contributed by atoms with van der Waals surface area (Å²) in [5.74, 6) is 2.20. The molecule has 0 aromatic heterocycles. The Balaban J connectivity index is 0.000000223. The van der Waals surface area contributed by atoms with Crippen molar-refractivity contribution in [1.29, 1.82) is 0 Å². The van der Waals surface area contributed by atoms with Crippen LogP contribution in [0.3, 0.4) is 0 Å². The molecule has 0 bridgehead atoms. The SMILES string of the molecule is CCC1(CC)CN(C(=O)CCC2CCCC2)C1.CCc1cccc(OC)c1. The maximum atomic E-state index is 12.0. The van der Waals surface area contributed by atoms with Gasteiger partial charge in [-0.1, -0.05) is 58.6 Å². The predicted octanol–water partition coefficient (Wildman–Crippen LogP) is 5.86. The van der Waals surface area contributed by atoms with E-state index in [1.165, 1.54) is 44.1 Å². The first kappa shape index (κ1) is 21.8. The highest BCUT2D eigenvalue weighted by Crippen LogP contribution is 2.38. The van der Waals surface area contributed by atoms with E-state index >= 15 is 0 Å². The van der Waals surface area contributed by atoms with Crippen LogP contribution in [0.25, 0.3) is 0 Å². The molecule has 2 aliphatic rings. The average molecular weight is 374 g/mol. The van der Waals surface area contributed by atoms with E-state index in [1.54, 1.807) is 7.11 Å². The molecule has 0 atom stereocenters. The van der Waals surface area contributed by atoms with Crippen molar-refractivity contribution in [1.82, 2.24) is 4.90 Å². The van der Waals surface area contributed by atoms with E-state index in [4.69, 9.17) is 4.74 Å². The molecule has 152 valence electrons. The summed E-state index contributed by atoms with van der Waals surface area (Å²) < 4.78 is 5.06. The Kier molecular flexibility index (Phi) is 8.66. The first-order valence-electron chi connectivity index (χ1n) is 11.0. The lowest BCUT2D eigenvalue weighted by Gasteiger charge is -2.50. The molecular formula is C24H39NO2. The monoisotopic (exact) mass is 373 g/mol. The highest BCUT2D eigenvalue weighted by atomic mass is 16.5. The smallest absolute Gasteiger partial charge is 0.222 e. The molecule has 3 heteroatoms. The normalized spacial score (nSPS) is 18.4. The predicted molar refractivity (Wildman–Crippen MR) is 113 cm³/mol. The van der Waals surface area contributed by atoms with Gasteiger partial charge in [0.2, 0.25) is 5.91 Å². The molecular weight excluding hydrogens is 334 g/mol. The van der Waals surface area contributed by atoms with Crippen molar-refractivity contribution >= 4 is 5.91 Å². The van der Waals surface area contributed by atoms with E-state index in [0.717, 1.165) is 44.0 Å². The van der Waals surface area contributed by atoms with Gasteiger partial charge in [-0.05, 0) is 49.3 Å². The fourth-order valence-electron chi connectivity index (χ4n) is 4.31. The molecule has 3 nitrogen and oxygen atoms in total. The van der Waals surface area contributed by atoms with Crippen molar-refractivity contribution in [2.75, 3.05) is 20.2 Å². The van der Waals surface area contributed by atoms with E-state index in [0.29, 0.717) is 11.3 Å². The summed E-state index contributed by atoms with van der Waals surface area (Å²) in [4.78, 5) is 14.1. The molecule has 0 radical (unpaired) electrons. The van der Waals surface area contributed by atoms with Crippen LogP contribution in [0, 0.1) is 11.3 Å². The molecule has 3 rings (SSSR count). The van der Waals surface area contributed by atoms with Gasteiger partial charge in [0.1, 0.15) is 5.75 Å². The van der Waals surface area contributed by atoms with Crippen LogP contribution in [0.1, 0.15) is 77.7 Å². The lowest BCUT2D eigenvalue weighted by molar-refractivity contribution is -0.144. The standard InChI is InChI=1S/C15H27NO.C9H12O/c1-3-15(4-2)11-16(12-15)14(17)10-9-13-7-5-6-8-13;1-3-8-5-4-6-9(7-8)10-2/h13H,3-12H2,1-2H3;4-7H,3H2,1-2H3. The summed E-state index contributed by atoms with van der Waals surface area (Å²) in [6.07, 6.45) is 10.9. The van der Waals surface area contributed by atoms with Crippen LogP contribution in [0.5, 0.6) is 5.75 Å². The van der Waals surface area contributed by atoms with Crippen LogP contribution >= 0.6 is 0 Å². The van der Waals surface area contributed by atoms with Crippen LogP contribution in [0.4, 0.5) is 0 Å². The topological polar surface area (TPSA) is 29.5 Å². The van der Waals surface area contributed by atoms with Crippen LogP contribution < -0.4 is 4.74 Å². The lowest BCUT2D eigenvalue weighted by Crippen LogP contribution is -2.57. The third kappa shape index (κ3) is 6.26. The number of benzene rings is 1. The summed E-state index contributed by atoms with van der Waals surface area (Å²) in [5, 5.41) is 0. The second-order valence-electron chi connectivity index (χ2n) is 8.35. The van der Waals surface area contributed by atoms with Gasteiger partial charge in [-0.15, -0.1) is 0 Å². The van der Waals surface area contributed by atoms with Gasteiger partial charge >= 0.3 is 0 Å². The first-order valence-corrected chi connectivity index (χ1v) is 11.0. The highest BCUT2D eigenvalue weighted by Gasteiger charge is 2.41. The summed E-state index contributed by atoms with van der Waals surface area (Å²) in [6, 6.07) is 8.12. The molecule has 0 spiro atoms. The third-order valence-corrected chi connectivity index (χ3v) is 6.69. The molecule has 1 aliphatic heterocycles. The minimum atomic E-state index is 0.412. The van der Waals surface area contributed by atoms with Crippen molar-refractivity contribution < 1.29 is 9.53 Å². The Hall–Kier alpha value is -1.51. The summed E-state index contributed by atoms with van der Waals surface area (Å²) >= 11 is 0. The maximum absolute atomic E-state index is 12.0. The van der Waals surface area contributed by atoms with Gasteiger partial charge in [0.25, 0.3) is 0 Å². The van der Waals surface area contributed by atoms with Crippen molar-refractivity contribution in [2.24, 2.45) is 11.3 Å². The van der Waals surface area contributed by atoms with Crippen molar-refractivity contribution in [3.8, 4) is 5.75 Å². The van der Waals surface area contributed by atoms with E-state index in [1.807, 2.05) is 12.1 Å². The molecule has 2 fully saturated rings. The quantitative estimate of drug-likeness (QED) is 0.599. The number of ether oxygens (including phenoxy) is 1. The Bertz CT molecular complexity index is 546. The van der Waals surface area contributed by atoms with Crippen LogP contribution in [-0.2, 0) is 11.2 Å². The zero-order chi connectivity index (χ0) is 19.7. The number of nitrogens with zero attached hydrogens (tertiary/aromatic N) is 1. The minimum absolute atomic E-state index is 0.412. The van der Waals surface area contributed by atoms with E-state index in [-0.39, 0.29) is 0 Å². The van der Waals surface area contributed by atoms with Crippen LogP contribution in [0.15, 0.2) is 24.3 Å². The van der Waals surface area contributed by atoms with Gasteiger partial charge in [-0.25, -0.2) is 0 Å². The number of rotatable bonds is 7. The number of amides is 1. The molecule has 1 aromatic rings. The fourth-order valence-corrected chi connectivity index (χ4v) is 4.31. The van der Waals surface area contributed by atoms with E-state index in [9.17, 15) is 4.79 Å². The number of hydrogen-bond donors (Lipinski definition) is 0. The third-order valence-electron chi connectivity index (χ3n) is 6.69. The number of aryl methyl sites for hydroxylation is 1. The molecule has 1 aromatic carbocycles. The second kappa shape index (κ2) is 10.7. The van der Waals surface area contributed by atoms with E-state index < -0.39 is 0 Å². The first-order chi connectivity index (χ1) is 13.1. The Morgan fingerprint density at radius 1 is 1.15 bits per heavy atom. The number of methoxy groups -OCH3 is 1. The zero-order valence-corrected chi connectivity index (χ0v) is 17.9. The fraction of sp³-hybridized carbons (Fsp3) is 0.708. The Morgan fingerprint density at radius 3 is 2.37 bits per heavy atom. The number of hydrogen-bond acceptors (Lipinski definition) is 2. The number of carbonyl (C=O) groups excluding carboxylic acids is 1. The Morgan fingerprint density at radius 2 is 1.81 bits per heavy atom. The molecule has 1 heterocycles. The summed E-state index contributed by atoms with van der Waals surface area (Å²) in [6.45, 7) is 8.68. The number of likely N-dealkylation sites (tertiary alicyclic amines) is 1. The second-order valence-corrected chi connectivity index (χ2v) is 8.35. The van der Waals surface area contributed by atoms with Gasteiger partial charge < -0.3 is 9.64 Å². The molecule has 1 amide bonds. The molecule has 0 N–H and O–H groups in total. The zero-order valence-electron chi connectivity index (χ0n) is 17.9. The molecule has 27 heavy (non-hydrogen) atoms. The van der Waals surface area contributed by atoms with Crippen LogP contribution in [0.2, 0.25) is 0 Å². The van der Waals surface area contributed by atoms with Crippen molar-refractivity contribution in [3.63, 3.8) is 0 Å². The molecule has 0 unspecified atom stereocenters. The van der Waals surface area contributed by atoms with Crippen molar-refractivity contribution in [3.05, 3.63) is 29.8 Å². The molecule has 1 saturated heterocycles. The Labute approximate surface area is 166 Å². The van der Waals surface area contributed by atoms with Crippen molar-refractivity contribution in [2.45, 2.75) is 78.6 Å². The van der Waals surface area contributed by atoms with Gasteiger partial charge in [0, 0.05) is 24.9 Å². The average Bonchev–Trinajstić information content (AvgIpc) is 3.20. The van der Waals surface area contributed by atoms with Gasteiger partial charge in [-0.3, -0.25) is 4.79 Å². The minimum Gasteiger partial charge on any atom is -0.497 e. The van der Waals surface area contributed by atoms with Gasteiger partial charge in [0.05, 0.1) is 7.11 Å². The maximum Gasteiger partial charge on any atom is 0.222 e. The number of carbonyl (C=O) groups is 1. The van der Waals surface area contributed by atoms with Crippen LogP contribution in [-0.4, -0.2) is 31.0 Å². The molecule has 1 aliphatic carbocycles. The van der Waals surface area contributed by atoms with Gasteiger partial charge in [-0.2, -0.15) is 0 Å².